The number of hydrogen-bond acceptors (Lipinski definition) is 5. The minimum absolute atomic E-state index is 0.254. The fraction of sp³-hybridized carbons (Fsp3) is 0.273. The first-order valence-corrected chi connectivity index (χ1v) is 5.35. The zero-order chi connectivity index (χ0) is 12.7. The van der Waals surface area contributed by atoms with Gasteiger partial charge in [-0.25, -0.2) is 4.79 Å². The van der Waals surface area contributed by atoms with Gasteiger partial charge in [-0.3, -0.25) is 5.43 Å². The van der Waals surface area contributed by atoms with E-state index in [-0.39, 0.29) is 11.8 Å². The molecule has 1 aromatic carbocycles. The summed E-state index contributed by atoms with van der Waals surface area (Å²) in [5, 5.41) is 3.44. The Labute approximate surface area is 104 Å². The van der Waals surface area contributed by atoms with Crippen molar-refractivity contribution in [2.24, 2.45) is 5.10 Å². The van der Waals surface area contributed by atoms with Gasteiger partial charge < -0.3 is 9.47 Å². The maximum atomic E-state index is 11.1. The van der Waals surface area contributed by atoms with Crippen molar-refractivity contribution in [2.45, 2.75) is 6.92 Å². The molecular weight excluding hydrogens is 244 g/mol. The van der Waals surface area contributed by atoms with E-state index in [4.69, 9.17) is 16.3 Å². The van der Waals surface area contributed by atoms with Crippen molar-refractivity contribution in [2.75, 3.05) is 19.1 Å². The molecule has 0 amide bonds. The van der Waals surface area contributed by atoms with Gasteiger partial charge in [-0.2, -0.15) is 5.10 Å². The monoisotopic (exact) mass is 256 g/mol. The Balaban J connectivity index is 2.65. The van der Waals surface area contributed by atoms with Crippen LogP contribution in [0.3, 0.4) is 0 Å². The molecule has 0 fully saturated rings. The Hall–Kier alpha value is -1.75. The molecule has 5 nitrogen and oxygen atoms in total. The molecule has 0 aromatic heterocycles. The molecular formula is C11H13ClN2O3. The number of carbonyl (C=O) groups excluding carboxylic acids is 1. The Morgan fingerprint density at radius 3 is 2.94 bits per heavy atom. The van der Waals surface area contributed by atoms with Crippen LogP contribution < -0.4 is 10.2 Å². The SMILES string of the molecule is CCOC(=O)/C(Cl)=N\Nc1cccc(OC)c1. The van der Waals surface area contributed by atoms with E-state index in [0.29, 0.717) is 11.4 Å². The number of nitrogens with zero attached hydrogens (tertiary/aromatic N) is 1. The molecule has 0 radical (unpaired) electrons. The van der Waals surface area contributed by atoms with E-state index in [9.17, 15) is 4.79 Å². The first kappa shape index (κ1) is 13.3. The van der Waals surface area contributed by atoms with Crippen molar-refractivity contribution < 1.29 is 14.3 Å². The van der Waals surface area contributed by atoms with Gasteiger partial charge in [-0.05, 0) is 19.1 Å². The molecule has 0 unspecified atom stereocenters. The van der Waals surface area contributed by atoms with E-state index in [0.717, 1.165) is 0 Å². The maximum absolute atomic E-state index is 11.1. The molecule has 0 aliphatic rings. The molecule has 92 valence electrons. The Morgan fingerprint density at radius 2 is 2.29 bits per heavy atom. The van der Waals surface area contributed by atoms with Gasteiger partial charge in [0.25, 0.3) is 0 Å². The van der Waals surface area contributed by atoms with E-state index in [1.807, 2.05) is 0 Å². The average Bonchev–Trinajstić information content (AvgIpc) is 2.36. The van der Waals surface area contributed by atoms with Gasteiger partial charge in [0.05, 0.1) is 19.4 Å². The third kappa shape index (κ3) is 4.32. The summed E-state index contributed by atoms with van der Waals surface area (Å²) in [6, 6.07) is 7.07. The second kappa shape index (κ2) is 6.75. The van der Waals surface area contributed by atoms with Crippen molar-refractivity contribution in [1.82, 2.24) is 0 Å². The number of esters is 1. The van der Waals surface area contributed by atoms with E-state index in [2.05, 4.69) is 15.3 Å². The number of nitrogens with one attached hydrogen (secondary N) is 1. The molecule has 0 spiro atoms. The lowest BCUT2D eigenvalue weighted by molar-refractivity contribution is -0.134. The Morgan fingerprint density at radius 1 is 1.53 bits per heavy atom. The third-order valence-electron chi connectivity index (χ3n) is 1.80. The van der Waals surface area contributed by atoms with Crippen molar-refractivity contribution in [3.63, 3.8) is 0 Å². The molecule has 1 aromatic rings. The van der Waals surface area contributed by atoms with E-state index in [1.165, 1.54) is 0 Å². The van der Waals surface area contributed by atoms with E-state index in [1.54, 1.807) is 38.3 Å². The topological polar surface area (TPSA) is 59.9 Å². The standard InChI is InChI=1S/C11H13ClN2O3/c1-3-17-11(15)10(12)14-13-8-5-4-6-9(7-8)16-2/h4-7,13H,3H2,1-2H3/b14-10+. The maximum Gasteiger partial charge on any atom is 0.370 e. The number of hydrogen-bond donors (Lipinski definition) is 1. The molecule has 0 saturated heterocycles. The smallest absolute Gasteiger partial charge is 0.370 e. The normalized spacial score (nSPS) is 10.9. The lowest BCUT2D eigenvalue weighted by atomic mass is 10.3. The molecule has 0 aliphatic carbocycles. The van der Waals surface area contributed by atoms with Crippen LogP contribution in [0.15, 0.2) is 29.4 Å². The molecule has 0 atom stereocenters. The zero-order valence-corrected chi connectivity index (χ0v) is 10.3. The van der Waals surface area contributed by atoms with Gasteiger partial charge in [0.1, 0.15) is 5.75 Å². The number of carbonyl (C=O) groups is 1. The Bertz CT molecular complexity index is 421. The largest absolute Gasteiger partial charge is 0.497 e. The van der Waals surface area contributed by atoms with Gasteiger partial charge in [-0.1, -0.05) is 17.7 Å². The predicted octanol–water partition coefficient (Wildman–Crippen LogP) is 2.22. The van der Waals surface area contributed by atoms with E-state index >= 15 is 0 Å². The number of anilines is 1. The van der Waals surface area contributed by atoms with Crippen LogP contribution in [0.25, 0.3) is 0 Å². The summed E-state index contributed by atoms with van der Waals surface area (Å²) in [6.07, 6.45) is 0. The summed E-state index contributed by atoms with van der Waals surface area (Å²) in [6.45, 7) is 1.95. The van der Waals surface area contributed by atoms with Crippen LogP contribution in [0.4, 0.5) is 5.69 Å². The molecule has 6 heteroatoms. The highest BCUT2D eigenvalue weighted by Gasteiger charge is 2.08. The second-order valence-electron chi connectivity index (χ2n) is 2.97. The van der Waals surface area contributed by atoms with Gasteiger partial charge in [0, 0.05) is 6.07 Å². The summed E-state index contributed by atoms with van der Waals surface area (Å²) in [5.41, 5.74) is 3.29. The zero-order valence-electron chi connectivity index (χ0n) is 9.57. The summed E-state index contributed by atoms with van der Waals surface area (Å²) in [5.74, 6) is 0.0158. The van der Waals surface area contributed by atoms with Crippen LogP contribution in [0.5, 0.6) is 5.75 Å². The minimum atomic E-state index is -0.662. The number of methoxy groups -OCH3 is 1. The third-order valence-corrected chi connectivity index (χ3v) is 2.04. The molecule has 0 heterocycles. The molecule has 0 saturated carbocycles. The molecule has 1 N–H and O–H groups in total. The molecule has 0 aliphatic heterocycles. The van der Waals surface area contributed by atoms with Gasteiger partial charge in [0.2, 0.25) is 5.17 Å². The van der Waals surface area contributed by atoms with Crippen molar-refractivity contribution in [3.05, 3.63) is 24.3 Å². The fourth-order valence-corrected chi connectivity index (χ4v) is 1.14. The number of halogens is 1. The predicted molar refractivity (Wildman–Crippen MR) is 66.5 cm³/mol. The van der Waals surface area contributed by atoms with E-state index < -0.39 is 5.97 Å². The highest BCUT2D eigenvalue weighted by molar-refractivity contribution is 6.82. The average molecular weight is 257 g/mol. The van der Waals surface area contributed by atoms with Crippen molar-refractivity contribution >= 4 is 28.4 Å². The molecule has 17 heavy (non-hydrogen) atoms. The van der Waals surface area contributed by atoms with Crippen molar-refractivity contribution in [1.29, 1.82) is 0 Å². The van der Waals surface area contributed by atoms with Crippen LogP contribution in [0.2, 0.25) is 0 Å². The van der Waals surface area contributed by atoms with Crippen molar-refractivity contribution in [3.8, 4) is 5.75 Å². The number of hydrazone groups is 1. The van der Waals surface area contributed by atoms with Gasteiger partial charge in [-0.15, -0.1) is 0 Å². The number of rotatable bonds is 5. The van der Waals surface area contributed by atoms with Crippen LogP contribution in [-0.4, -0.2) is 24.9 Å². The van der Waals surface area contributed by atoms with Gasteiger partial charge in [0.15, 0.2) is 0 Å². The lowest BCUT2D eigenvalue weighted by Gasteiger charge is -2.04. The Kier molecular flexibility index (Phi) is 5.29. The molecule has 0 bridgehead atoms. The fourth-order valence-electron chi connectivity index (χ4n) is 1.04. The van der Waals surface area contributed by atoms with Crippen LogP contribution in [-0.2, 0) is 9.53 Å². The highest BCUT2D eigenvalue weighted by Crippen LogP contribution is 2.16. The highest BCUT2D eigenvalue weighted by atomic mass is 35.5. The summed E-state index contributed by atoms with van der Waals surface area (Å²) >= 11 is 5.62. The minimum Gasteiger partial charge on any atom is -0.497 e. The van der Waals surface area contributed by atoms with Crippen LogP contribution in [0, 0.1) is 0 Å². The summed E-state index contributed by atoms with van der Waals surface area (Å²) in [4.78, 5) is 11.1. The lowest BCUT2D eigenvalue weighted by Crippen LogP contribution is -2.13. The first-order valence-electron chi connectivity index (χ1n) is 4.97. The van der Waals surface area contributed by atoms with Crippen LogP contribution >= 0.6 is 11.6 Å². The first-order chi connectivity index (χ1) is 8.17. The number of ether oxygens (including phenoxy) is 2. The molecule has 1 rings (SSSR count). The quantitative estimate of drug-likeness (QED) is 0.499. The van der Waals surface area contributed by atoms with Gasteiger partial charge >= 0.3 is 5.97 Å². The second-order valence-corrected chi connectivity index (χ2v) is 3.32. The number of benzene rings is 1. The summed E-state index contributed by atoms with van der Waals surface area (Å²) in [7, 11) is 1.56. The van der Waals surface area contributed by atoms with Crippen LogP contribution in [0.1, 0.15) is 6.92 Å². The summed E-state index contributed by atoms with van der Waals surface area (Å²) < 4.78 is 9.71.